The average Bonchev–Trinajstić information content (AvgIpc) is 2.58. The summed E-state index contributed by atoms with van der Waals surface area (Å²) in [7, 11) is 1.55. The number of rotatable bonds is 1. The van der Waals surface area contributed by atoms with E-state index in [1.54, 1.807) is 19.2 Å². The first kappa shape index (κ1) is 9.25. The average molecular weight is 225 g/mol. The van der Waals surface area contributed by atoms with Crippen LogP contribution in [0.1, 0.15) is 5.01 Å². The van der Waals surface area contributed by atoms with Crippen LogP contribution in [-0.2, 0) is 0 Å². The molecule has 0 aliphatic heterocycles. The lowest BCUT2D eigenvalue weighted by Gasteiger charge is -2.00. The van der Waals surface area contributed by atoms with Crippen molar-refractivity contribution in [1.29, 1.82) is 5.26 Å². The predicted molar refractivity (Wildman–Crippen MR) is 55.9 cm³/mol. The highest BCUT2D eigenvalue weighted by atomic mass is 35.5. The highest BCUT2D eigenvalue weighted by Gasteiger charge is 2.07. The molecular formula is C9H5ClN2OS. The molecular weight excluding hydrogens is 220 g/mol. The molecule has 0 aliphatic carbocycles. The topological polar surface area (TPSA) is 45.9 Å². The van der Waals surface area contributed by atoms with Crippen LogP contribution in [0.3, 0.4) is 0 Å². The summed E-state index contributed by atoms with van der Waals surface area (Å²) < 4.78 is 5.94. The summed E-state index contributed by atoms with van der Waals surface area (Å²) in [6.45, 7) is 0. The molecule has 1 aromatic carbocycles. The molecule has 0 atom stereocenters. The third-order valence-corrected chi connectivity index (χ3v) is 2.98. The van der Waals surface area contributed by atoms with Gasteiger partial charge >= 0.3 is 0 Å². The zero-order chi connectivity index (χ0) is 10.1. The van der Waals surface area contributed by atoms with Gasteiger partial charge in [0.15, 0.2) is 5.01 Å². The van der Waals surface area contributed by atoms with Crippen molar-refractivity contribution < 1.29 is 4.74 Å². The fourth-order valence-corrected chi connectivity index (χ4v) is 2.22. The van der Waals surface area contributed by atoms with Crippen LogP contribution in [0.2, 0.25) is 5.02 Å². The van der Waals surface area contributed by atoms with Crippen LogP contribution in [0.25, 0.3) is 10.2 Å². The second kappa shape index (κ2) is 3.45. The van der Waals surface area contributed by atoms with E-state index in [0.717, 1.165) is 10.2 Å². The van der Waals surface area contributed by atoms with Crippen LogP contribution in [0.5, 0.6) is 5.75 Å². The number of aromatic nitrogens is 1. The molecule has 5 heteroatoms. The standard InChI is InChI=1S/C9H5ClN2OS/c1-13-7-3-6-8(2-5(7)10)14-9(4-11)12-6/h2-3H,1H3. The van der Waals surface area contributed by atoms with E-state index in [2.05, 4.69) is 4.98 Å². The number of methoxy groups -OCH3 is 1. The van der Waals surface area contributed by atoms with Gasteiger partial charge in [0.1, 0.15) is 11.8 Å². The first-order valence-electron chi connectivity index (χ1n) is 3.79. The third-order valence-electron chi connectivity index (χ3n) is 1.76. The van der Waals surface area contributed by atoms with Crippen molar-refractivity contribution in [3.63, 3.8) is 0 Å². The quantitative estimate of drug-likeness (QED) is 0.748. The van der Waals surface area contributed by atoms with E-state index in [-0.39, 0.29) is 0 Å². The monoisotopic (exact) mass is 224 g/mol. The molecule has 0 N–H and O–H groups in total. The lowest BCUT2D eigenvalue weighted by Crippen LogP contribution is -1.83. The third kappa shape index (κ3) is 1.41. The number of nitriles is 1. The SMILES string of the molecule is COc1cc2nc(C#N)sc2cc1Cl. The Labute approximate surface area is 89.5 Å². The number of hydrogen-bond acceptors (Lipinski definition) is 4. The van der Waals surface area contributed by atoms with Crippen molar-refractivity contribution >= 4 is 33.2 Å². The molecule has 0 saturated carbocycles. The Kier molecular flexibility index (Phi) is 2.28. The maximum atomic E-state index is 8.67. The van der Waals surface area contributed by atoms with Gasteiger partial charge in [0.25, 0.3) is 0 Å². The molecule has 0 radical (unpaired) electrons. The van der Waals surface area contributed by atoms with E-state index in [1.165, 1.54) is 11.3 Å². The molecule has 2 rings (SSSR count). The minimum Gasteiger partial charge on any atom is -0.495 e. The van der Waals surface area contributed by atoms with Crippen LogP contribution in [0.4, 0.5) is 0 Å². The van der Waals surface area contributed by atoms with Crippen LogP contribution in [0, 0.1) is 11.3 Å². The van der Waals surface area contributed by atoms with Crippen molar-refractivity contribution in [3.05, 3.63) is 22.2 Å². The Morgan fingerprint density at radius 1 is 1.57 bits per heavy atom. The maximum Gasteiger partial charge on any atom is 0.195 e. The lowest BCUT2D eigenvalue weighted by atomic mass is 10.3. The Bertz CT molecular complexity index is 529. The Morgan fingerprint density at radius 2 is 2.36 bits per heavy atom. The highest BCUT2D eigenvalue weighted by Crippen LogP contribution is 2.32. The van der Waals surface area contributed by atoms with E-state index in [9.17, 15) is 0 Å². The first-order chi connectivity index (χ1) is 6.74. The van der Waals surface area contributed by atoms with E-state index >= 15 is 0 Å². The molecule has 14 heavy (non-hydrogen) atoms. The Balaban J connectivity index is 2.71. The van der Waals surface area contributed by atoms with Gasteiger partial charge in [0, 0.05) is 6.07 Å². The van der Waals surface area contributed by atoms with Crippen LogP contribution >= 0.6 is 22.9 Å². The van der Waals surface area contributed by atoms with Gasteiger partial charge in [0.2, 0.25) is 0 Å². The van der Waals surface area contributed by atoms with Gasteiger partial charge in [-0.1, -0.05) is 11.6 Å². The molecule has 0 spiro atoms. The largest absolute Gasteiger partial charge is 0.495 e. The van der Waals surface area contributed by atoms with Crippen LogP contribution in [-0.4, -0.2) is 12.1 Å². The second-order valence-electron chi connectivity index (χ2n) is 2.59. The predicted octanol–water partition coefficient (Wildman–Crippen LogP) is 2.83. The molecule has 3 nitrogen and oxygen atoms in total. The molecule has 1 heterocycles. The summed E-state index contributed by atoms with van der Waals surface area (Å²) in [6.07, 6.45) is 0. The van der Waals surface area contributed by atoms with E-state index in [1.807, 2.05) is 6.07 Å². The van der Waals surface area contributed by atoms with Crippen LogP contribution in [0.15, 0.2) is 12.1 Å². The smallest absolute Gasteiger partial charge is 0.195 e. The molecule has 0 bridgehead atoms. The summed E-state index contributed by atoms with van der Waals surface area (Å²) in [4.78, 5) is 4.10. The van der Waals surface area contributed by atoms with Gasteiger partial charge < -0.3 is 4.74 Å². The van der Waals surface area contributed by atoms with Gasteiger partial charge in [-0.05, 0) is 6.07 Å². The van der Waals surface area contributed by atoms with E-state index in [4.69, 9.17) is 21.6 Å². The van der Waals surface area contributed by atoms with Crippen molar-refractivity contribution in [2.45, 2.75) is 0 Å². The number of hydrogen-bond donors (Lipinski definition) is 0. The summed E-state index contributed by atoms with van der Waals surface area (Å²) in [5.74, 6) is 0.578. The zero-order valence-corrected chi connectivity index (χ0v) is 8.82. The summed E-state index contributed by atoms with van der Waals surface area (Å²) >= 11 is 7.25. The molecule has 0 amide bonds. The van der Waals surface area contributed by atoms with Gasteiger partial charge in [-0.25, -0.2) is 4.98 Å². The zero-order valence-electron chi connectivity index (χ0n) is 7.24. The molecule has 1 aromatic heterocycles. The molecule has 0 saturated heterocycles. The molecule has 70 valence electrons. The lowest BCUT2D eigenvalue weighted by molar-refractivity contribution is 0.415. The molecule has 2 aromatic rings. The number of nitrogens with zero attached hydrogens (tertiary/aromatic N) is 2. The normalized spacial score (nSPS) is 10.1. The fourth-order valence-electron chi connectivity index (χ4n) is 1.13. The number of ether oxygens (including phenoxy) is 1. The van der Waals surface area contributed by atoms with Crippen molar-refractivity contribution in [2.75, 3.05) is 7.11 Å². The van der Waals surface area contributed by atoms with E-state index in [0.29, 0.717) is 15.8 Å². The van der Waals surface area contributed by atoms with Gasteiger partial charge in [-0.3, -0.25) is 0 Å². The van der Waals surface area contributed by atoms with Gasteiger partial charge in [-0.15, -0.1) is 11.3 Å². The van der Waals surface area contributed by atoms with Gasteiger partial charge in [-0.2, -0.15) is 5.26 Å². The Morgan fingerprint density at radius 3 is 3.00 bits per heavy atom. The van der Waals surface area contributed by atoms with Crippen molar-refractivity contribution in [3.8, 4) is 11.8 Å². The molecule has 0 fully saturated rings. The number of benzene rings is 1. The van der Waals surface area contributed by atoms with Gasteiger partial charge in [0.05, 0.1) is 22.3 Å². The van der Waals surface area contributed by atoms with E-state index < -0.39 is 0 Å². The molecule has 0 aliphatic rings. The number of fused-ring (bicyclic) bond motifs is 1. The number of halogens is 1. The Hall–Kier alpha value is -1.31. The number of thiazole rings is 1. The summed E-state index contributed by atoms with van der Waals surface area (Å²) in [5, 5.41) is 9.64. The summed E-state index contributed by atoms with van der Waals surface area (Å²) in [6, 6.07) is 5.49. The minimum absolute atomic E-state index is 0.435. The summed E-state index contributed by atoms with van der Waals surface area (Å²) in [5.41, 5.74) is 0.743. The maximum absolute atomic E-state index is 8.67. The minimum atomic E-state index is 0.435. The van der Waals surface area contributed by atoms with Crippen molar-refractivity contribution in [1.82, 2.24) is 4.98 Å². The van der Waals surface area contributed by atoms with Crippen LogP contribution < -0.4 is 4.74 Å². The second-order valence-corrected chi connectivity index (χ2v) is 4.02. The fraction of sp³-hybridized carbons (Fsp3) is 0.111. The molecule has 0 unspecified atom stereocenters. The van der Waals surface area contributed by atoms with Crippen molar-refractivity contribution in [2.24, 2.45) is 0 Å². The first-order valence-corrected chi connectivity index (χ1v) is 4.98. The highest BCUT2D eigenvalue weighted by molar-refractivity contribution is 7.19.